The van der Waals surface area contributed by atoms with E-state index in [2.05, 4.69) is 41.5 Å². The minimum absolute atomic E-state index is 0.370. The van der Waals surface area contributed by atoms with Gasteiger partial charge in [-0.25, -0.2) is 0 Å². The van der Waals surface area contributed by atoms with Crippen LogP contribution in [0.15, 0.2) is 0 Å². The van der Waals surface area contributed by atoms with Crippen molar-refractivity contribution in [3.63, 3.8) is 0 Å². The Labute approximate surface area is 115 Å². The molecule has 0 aromatic carbocycles. The fourth-order valence-electron chi connectivity index (χ4n) is 2.23. The maximum Gasteiger partial charge on any atom is 0.0459 e. The fourth-order valence-corrected chi connectivity index (χ4v) is 2.23. The monoisotopic (exact) mass is 256 g/mol. The third kappa shape index (κ3) is 12.4. The van der Waals surface area contributed by atoms with Crippen molar-refractivity contribution in [1.29, 1.82) is 0 Å². The highest BCUT2D eigenvalue weighted by Gasteiger charge is 2.15. The summed E-state index contributed by atoms with van der Waals surface area (Å²) in [5.41, 5.74) is 0.877. The van der Waals surface area contributed by atoms with Crippen LogP contribution in [0, 0.1) is 16.7 Å². The molecule has 0 fully saturated rings. The van der Waals surface area contributed by atoms with Crippen molar-refractivity contribution in [1.82, 2.24) is 0 Å². The third-order valence-electron chi connectivity index (χ3n) is 3.60. The minimum Gasteiger partial charge on any atom is -0.396 e. The molecule has 0 aromatic rings. The zero-order chi connectivity index (χ0) is 14.2. The molecule has 0 radical (unpaired) electrons. The lowest BCUT2D eigenvalue weighted by Gasteiger charge is -2.22. The van der Waals surface area contributed by atoms with Crippen LogP contribution in [-0.4, -0.2) is 11.7 Å². The normalized spacial score (nSPS) is 14.8. The molecule has 0 heterocycles. The van der Waals surface area contributed by atoms with Crippen LogP contribution in [0.3, 0.4) is 0 Å². The lowest BCUT2D eigenvalue weighted by molar-refractivity contribution is 0.189. The maximum atomic E-state index is 9.41. The van der Waals surface area contributed by atoms with Crippen LogP contribution >= 0.6 is 0 Å². The van der Waals surface area contributed by atoms with Gasteiger partial charge in [-0.15, -0.1) is 0 Å². The van der Waals surface area contributed by atoms with Crippen molar-refractivity contribution >= 4 is 0 Å². The van der Waals surface area contributed by atoms with E-state index in [9.17, 15) is 5.11 Å². The van der Waals surface area contributed by atoms with E-state index >= 15 is 0 Å². The first kappa shape index (κ1) is 18.0. The molecule has 0 aromatic heterocycles. The van der Waals surface area contributed by atoms with Crippen molar-refractivity contribution < 1.29 is 5.11 Å². The molecule has 0 bridgehead atoms. The van der Waals surface area contributed by atoms with E-state index in [0.29, 0.717) is 23.4 Å². The lowest BCUT2D eigenvalue weighted by atomic mass is 9.85. The van der Waals surface area contributed by atoms with E-state index in [1.165, 1.54) is 44.9 Å². The summed E-state index contributed by atoms with van der Waals surface area (Å²) in [5.74, 6) is 0.527. The van der Waals surface area contributed by atoms with Gasteiger partial charge < -0.3 is 5.11 Å². The number of aliphatic hydroxyl groups is 1. The quantitative estimate of drug-likeness (QED) is 0.575. The molecule has 0 saturated heterocycles. The largest absolute Gasteiger partial charge is 0.396 e. The van der Waals surface area contributed by atoms with Crippen molar-refractivity contribution in [2.75, 3.05) is 6.61 Å². The van der Waals surface area contributed by atoms with Gasteiger partial charge in [-0.1, -0.05) is 60.8 Å². The third-order valence-corrected chi connectivity index (χ3v) is 3.60. The Hall–Kier alpha value is -0.0400. The van der Waals surface area contributed by atoms with Gasteiger partial charge in [0.1, 0.15) is 0 Å². The van der Waals surface area contributed by atoms with Crippen LogP contribution in [0.5, 0.6) is 0 Å². The van der Waals surface area contributed by atoms with E-state index in [1.807, 2.05) is 0 Å². The van der Waals surface area contributed by atoms with E-state index < -0.39 is 0 Å². The molecule has 0 saturated carbocycles. The summed E-state index contributed by atoms with van der Waals surface area (Å²) < 4.78 is 0. The average Bonchev–Trinajstić information content (AvgIpc) is 2.19. The van der Waals surface area contributed by atoms with Gasteiger partial charge in [0.25, 0.3) is 0 Å². The van der Waals surface area contributed by atoms with Gasteiger partial charge in [-0.3, -0.25) is 0 Å². The average molecular weight is 256 g/mol. The molecule has 110 valence electrons. The van der Waals surface area contributed by atoms with Gasteiger partial charge in [0, 0.05) is 6.61 Å². The summed E-state index contributed by atoms with van der Waals surface area (Å²) in [6, 6.07) is 0. The Kier molecular flexibility index (Phi) is 8.18. The molecule has 18 heavy (non-hydrogen) atoms. The topological polar surface area (TPSA) is 20.2 Å². The van der Waals surface area contributed by atoms with Gasteiger partial charge in [0.2, 0.25) is 0 Å². The molecule has 0 spiro atoms. The first-order chi connectivity index (χ1) is 8.14. The molecule has 0 aliphatic heterocycles. The molecule has 1 N–H and O–H groups in total. The fraction of sp³-hybridized carbons (Fsp3) is 1.00. The molecule has 0 aliphatic rings. The minimum atomic E-state index is 0.370. The molecule has 1 nitrogen and oxygen atoms in total. The highest BCUT2D eigenvalue weighted by atomic mass is 16.3. The predicted molar refractivity (Wildman–Crippen MR) is 81.8 cm³/mol. The number of rotatable bonds is 8. The van der Waals surface area contributed by atoms with Crippen molar-refractivity contribution in [2.45, 2.75) is 86.5 Å². The summed E-state index contributed by atoms with van der Waals surface area (Å²) >= 11 is 0. The van der Waals surface area contributed by atoms with Gasteiger partial charge >= 0.3 is 0 Å². The van der Waals surface area contributed by atoms with Crippen molar-refractivity contribution in [2.24, 2.45) is 16.7 Å². The Morgan fingerprint density at radius 2 is 1.28 bits per heavy atom. The second-order valence-corrected chi connectivity index (χ2v) is 8.31. The van der Waals surface area contributed by atoms with Crippen LogP contribution in [0.25, 0.3) is 0 Å². The highest BCUT2D eigenvalue weighted by Crippen LogP contribution is 2.27. The Bertz CT molecular complexity index is 195. The first-order valence-electron chi connectivity index (χ1n) is 7.75. The number of unbranched alkanes of at least 4 members (excludes halogenated alkanes) is 2. The van der Waals surface area contributed by atoms with Crippen LogP contribution in [0.2, 0.25) is 0 Å². The van der Waals surface area contributed by atoms with Gasteiger partial charge in [-0.2, -0.15) is 0 Å². The summed E-state index contributed by atoms with van der Waals surface area (Å²) in [4.78, 5) is 0. The molecular formula is C17H36O. The zero-order valence-electron chi connectivity index (χ0n) is 13.7. The number of hydrogen-bond donors (Lipinski definition) is 1. The van der Waals surface area contributed by atoms with E-state index in [4.69, 9.17) is 0 Å². The maximum absolute atomic E-state index is 9.41. The van der Waals surface area contributed by atoms with Gasteiger partial charge in [0.15, 0.2) is 0 Å². The van der Waals surface area contributed by atoms with E-state index in [-0.39, 0.29) is 0 Å². The van der Waals surface area contributed by atoms with Crippen molar-refractivity contribution in [3.05, 3.63) is 0 Å². The Morgan fingerprint density at radius 1 is 0.722 bits per heavy atom. The smallest absolute Gasteiger partial charge is 0.0459 e. The summed E-state index contributed by atoms with van der Waals surface area (Å²) in [5, 5.41) is 9.41. The molecule has 0 amide bonds. The summed E-state index contributed by atoms with van der Waals surface area (Å²) in [7, 11) is 0. The molecule has 0 rings (SSSR count). The van der Waals surface area contributed by atoms with Gasteiger partial charge in [0.05, 0.1) is 0 Å². The Balaban J connectivity index is 3.62. The lowest BCUT2D eigenvalue weighted by Crippen LogP contribution is -2.12. The van der Waals surface area contributed by atoms with Crippen LogP contribution in [0.4, 0.5) is 0 Å². The van der Waals surface area contributed by atoms with Crippen LogP contribution < -0.4 is 0 Å². The number of aliphatic hydroxyl groups excluding tert-OH is 1. The summed E-state index contributed by atoms with van der Waals surface area (Å²) in [6.07, 6.45) is 8.87. The molecule has 0 aliphatic carbocycles. The molecule has 1 atom stereocenters. The van der Waals surface area contributed by atoms with Crippen molar-refractivity contribution in [3.8, 4) is 0 Å². The second-order valence-electron chi connectivity index (χ2n) is 8.31. The Morgan fingerprint density at radius 3 is 1.72 bits per heavy atom. The van der Waals surface area contributed by atoms with Crippen LogP contribution in [0.1, 0.15) is 86.5 Å². The van der Waals surface area contributed by atoms with Gasteiger partial charge in [-0.05, 0) is 42.4 Å². The first-order valence-corrected chi connectivity index (χ1v) is 7.75. The second kappa shape index (κ2) is 8.19. The SMILES string of the molecule is CC(C)(C)CCCCC[C@@H](CO)CCC(C)(C)C. The molecular weight excluding hydrogens is 220 g/mol. The van der Waals surface area contributed by atoms with E-state index in [0.717, 1.165) is 0 Å². The standard InChI is InChI=1S/C17H36O/c1-16(2,3)12-9-7-8-10-15(14-18)11-13-17(4,5)6/h15,18H,7-14H2,1-6H3/t15-/m1/s1. The van der Waals surface area contributed by atoms with Crippen LogP contribution in [-0.2, 0) is 0 Å². The zero-order valence-corrected chi connectivity index (χ0v) is 13.7. The molecule has 1 heteroatoms. The molecule has 0 unspecified atom stereocenters. The predicted octanol–water partition coefficient (Wildman–Crippen LogP) is 5.42. The highest BCUT2D eigenvalue weighted by molar-refractivity contribution is 4.67. The summed E-state index contributed by atoms with van der Waals surface area (Å²) in [6.45, 7) is 14.2. The van der Waals surface area contributed by atoms with E-state index in [1.54, 1.807) is 0 Å². The number of hydrogen-bond acceptors (Lipinski definition) is 1.